The van der Waals surface area contributed by atoms with Crippen LogP contribution in [0.2, 0.25) is 0 Å². The van der Waals surface area contributed by atoms with Crippen LogP contribution in [0.5, 0.6) is 0 Å². The molecule has 0 aromatic carbocycles. The zero-order chi connectivity index (χ0) is 15.8. The van der Waals surface area contributed by atoms with Crippen molar-refractivity contribution in [1.82, 2.24) is 5.43 Å². The van der Waals surface area contributed by atoms with Gasteiger partial charge in [-0.2, -0.15) is 0 Å². The maximum absolute atomic E-state index is 12.1. The molecular formula is C17H27N3O. The highest BCUT2D eigenvalue weighted by Crippen LogP contribution is 2.31. The predicted molar refractivity (Wildman–Crippen MR) is 88.7 cm³/mol. The Balaban J connectivity index is 3.23. The Morgan fingerprint density at radius 2 is 2.05 bits per heavy atom. The summed E-state index contributed by atoms with van der Waals surface area (Å²) < 4.78 is 0. The van der Waals surface area contributed by atoms with Gasteiger partial charge >= 0.3 is 0 Å². The van der Waals surface area contributed by atoms with Crippen LogP contribution in [0.1, 0.15) is 53.4 Å². The molecule has 0 bridgehead atoms. The highest BCUT2D eigenvalue weighted by molar-refractivity contribution is 5.98. The van der Waals surface area contributed by atoms with Crippen LogP contribution in [0, 0.1) is 5.92 Å². The molecule has 0 spiro atoms. The normalized spacial score (nSPS) is 18.0. The lowest BCUT2D eigenvalue weighted by molar-refractivity contribution is -0.117. The van der Waals surface area contributed by atoms with Gasteiger partial charge in [-0.05, 0) is 57.1 Å². The van der Waals surface area contributed by atoms with Crippen molar-refractivity contribution in [3.63, 3.8) is 0 Å². The van der Waals surface area contributed by atoms with Crippen molar-refractivity contribution in [3.05, 3.63) is 35.1 Å². The van der Waals surface area contributed by atoms with Crippen LogP contribution in [0.3, 0.4) is 0 Å². The van der Waals surface area contributed by atoms with E-state index in [4.69, 9.17) is 5.84 Å². The van der Waals surface area contributed by atoms with Crippen molar-refractivity contribution in [2.45, 2.75) is 53.4 Å². The topological polar surface area (TPSA) is 67.5 Å². The summed E-state index contributed by atoms with van der Waals surface area (Å²) in [5.41, 5.74) is 5.54. The third kappa shape index (κ3) is 5.31. The Kier molecular flexibility index (Phi) is 7.09. The molecule has 1 aliphatic rings. The van der Waals surface area contributed by atoms with E-state index in [9.17, 15) is 4.79 Å². The van der Waals surface area contributed by atoms with E-state index in [0.717, 1.165) is 29.7 Å². The van der Waals surface area contributed by atoms with Crippen molar-refractivity contribution >= 4 is 11.6 Å². The molecule has 0 aliphatic heterocycles. The Morgan fingerprint density at radius 1 is 1.38 bits per heavy atom. The third-order valence-corrected chi connectivity index (χ3v) is 3.59. The molecule has 4 heteroatoms. The van der Waals surface area contributed by atoms with E-state index in [1.807, 2.05) is 32.9 Å². The predicted octanol–water partition coefficient (Wildman–Crippen LogP) is 3.42. The van der Waals surface area contributed by atoms with Gasteiger partial charge in [-0.15, -0.1) is 0 Å². The summed E-state index contributed by atoms with van der Waals surface area (Å²) in [6.07, 6.45) is 10.5. The smallest absolute Gasteiger partial charge is 0.284 e. The number of hydrazine groups is 1. The minimum absolute atomic E-state index is 0.334. The van der Waals surface area contributed by atoms with Gasteiger partial charge in [-0.25, -0.2) is 5.84 Å². The van der Waals surface area contributed by atoms with Crippen molar-refractivity contribution in [2.24, 2.45) is 16.8 Å². The number of carbonyl (C=O) groups excluding carboxylic acids is 1. The standard InChI is InChI=1S/C17H27N3O/c1-5-7-9-14(8-6-2)12(3)16(17(21)20-18)19-13(4)15-10-11-15/h6,8-9,15H,5,7,10-11,18H2,1-4H3,(H,20,21)/b8-6-,14-9+,16-12+,19-13?. The van der Waals surface area contributed by atoms with E-state index < -0.39 is 0 Å². The summed E-state index contributed by atoms with van der Waals surface area (Å²) in [5.74, 6) is 5.51. The average molecular weight is 289 g/mol. The van der Waals surface area contributed by atoms with Crippen LogP contribution in [-0.4, -0.2) is 11.6 Å². The van der Waals surface area contributed by atoms with Crippen LogP contribution < -0.4 is 11.3 Å². The highest BCUT2D eigenvalue weighted by Gasteiger charge is 2.25. The zero-order valence-electron chi connectivity index (χ0n) is 13.6. The van der Waals surface area contributed by atoms with Crippen molar-refractivity contribution < 1.29 is 4.79 Å². The molecule has 1 amide bonds. The van der Waals surface area contributed by atoms with Gasteiger partial charge < -0.3 is 0 Å². The molecule has 0 atom stereocenters. The fraction of sp³-hybridized carbons (Fsp3) is 0.529. The fourth-order valence-electron chi connectivity index (χ4n) is 2.10. The van der Waals surface area contributed by atoms with Gasteiger partial charge in [-0.1, -0.05) is 31.6 Å². The molecule has 0 aromatic rings. The Labute approximate surface area is 127 Å². The number of nitrogens with one attached hydrogen (secondary N) is 1. The van der Waals surface area contributed by atoms with Crippen LogP contribution in [0.4, 0.5) is 0 Å². The van der Waals surface area contributed by atoms with Crippen LogP contribution in [-0.2, 0) is 4.79 Å². The van der Waals surface area contributed by atoms with E-state index in [1.54, 1.807) is 0 Å². The number of nitrogens with two attached hydrogens (primary N) is 1. The second-order valence-electron chi connectivity index (χ2n) is 5.42. The van der Waals surface area contributed by atoms with Gasteiger partial charge in [0.15, 0.2) is 0 Å². The Morgan fingerprint density at radius 3 is 2.52 bits per heavy atom. The van der Waals surface area contributed by atoms with Gasteiger partial charge in [0, 0.05) is 5.71 Å². The number of unbranched alkanes of at least 4 members (excludes halogenated alkanes) is 1. The lowest BCUT2D eigenvalue weighted by Gasteiger charge is -2.10. The largest absolute Gasteiger partial charge is 0.289 e. The molecule has 0 saturated heterocycles. The quantitative estimate of drug-likeness (QED) is 0.188. The van der Waals surface area contributed by atoms with Gasteiger partial charge in [0.05, 0.1) is 0 Å². The number of hydrogen-bond acceptors (Lipinski definition) is 3. The molecule has 1 rings (SSSR count). The monoisotopic (exact) mass is 289 g/mol. The summed E-state index contributed by atoms with van der Waals surface area (Å²) in [4.78, 5) is 16.6. The van der Waals surface area contributed by atoms with Gasteiger partial charge in [0.2, 0.25) is 0 Å². The first-order chi connectivity index (χ1) is 10.0. The molecule has 4 nitrogen and oxygen atoms in total. The number of hydrogen-bond donors (Lipinski definition) is 2. The minimum atomic E-state index is -0.334. The number of amides is 1. The van der Waals surface area contributed by atoms with Gasteiger partial charge in [0.1, 0.15) is 5.70 Å². The minimum Gasteiger partial charge on any atom is -0.289 e. The molecule has 0 radical (unpaired) electrons. The number of carbonyl (C=O) groups is 1. The fourth-order valence-corrected chi connectivity index (χ4v) is 2.10. The lowest BCUT2D eigenvalue weighted by atomic mass is 10.0. The van der Waals surface area contributed by atoms with Crippen molar-refractivity contribution in [1.29, 1.82) is 0 Å². The molecule has 21 heavy (non-hydrogen) atoms. The summed E-state index contributed by atoms with van der Waals surface area (Å²) in [7, 11) is 0. The molecule has 1 aliphatic carbocycles. The molecule has 0 unspecified atom stereocenters. The first-order valence-electron chi connectivity index (χ1n) is 7.65. The van der Waals surface area contributed by atoms with Gasteiger partial charge in [0.25, 0.3) is 5.91 Å². The first-order valence-corrected chi connectivity index (χ1v) is 7.65. The number of nitrogens with zero attached hydrogens (tertiary/aromatic N) is 1. The van der Waals surface area contributed by atoms with Crippen LogP contribution in [0.15, 0.2) is 40.1 Å². The highest BCUT2D eigenvalue weighted by atomic mass is 16.2. The van der Waals surface area contributed by atoms with E-state index in [0.29, 0.717) is 11.6 Å². The molecule has 116 valence electrons. The summed E-state index contributed by atoms with van der Waals surface area (Å²) in [6.45, 7) is 8.01. The second kappa shape index (κ2) is 8.57. The summed E-state index contributed by atoms with van der Waals surface area (Å²) in [5, 5.41) is 0. The molecule has 0 heterocycles. The van der Waals surface area contributed by atoms with Crippen LogP contribution in [0.25, 0.3) is 0 Å². The summed E-state index contributed by atoms with van der Waals surface area (Å²) >= 11 is 0. The van der Waals surface area contributed by atoms with Gasteiger partial charge in [-0.3, -0.25) is 15.2 Å². The maximum atomic E-state index is 12.1. The van der Waals surface area contributed by atoms with E-state index in [1.165, 1.54) is 12.8 Å². The summed E-state index contributed by atoms with van der Waals surface area (Å²) in [6, 6.07) is 0. The molecule has 0 aromatic heterocycles. The second-order valence-corrected chi connectivity index (χ2v) is 5.42. The SMILES string of the molecule is C\C=C/C(=C\CCC)C(/C)=C(/N=C(C)C1CC1)C(=O)NN. The molecular weight excluding hydrogens is 262 g/mol. The third-order valence-electron chi connectivity index (χ3n) is 3.59. The van der Waals surface area contributed by atoms with Crippen LogP contribution >= 0.6 is 0 Å². The number of rotatable bonds is 7. The molecule has 3 N–H and O–H groups in total. The Bertz CT molecular complexity index is 494. The van der Waals surface area contributed by atoms with E-state index in [2.05, 4.69) is 23.4 Å². The van der Waals surface area contributed by atoms with Crippen molar-refractivity contribution in [2.75, 3.05) is 0 Å². The number of aliphatic imine (C=N–C) groups is 1. The Hall–Kier alpha value is -1.68. The molecule has 1 saturated carbocycles. The average Bonchev–Trinajstić information content (AvgIpc) is 3.32. The maximum Gasteiger partial charge on any atom is 0.284 e. The van der Waals surface area contributed by atoms with Crippen molar-refractivity contribution in [3.8, 4) is 0 Å². The van der Waals surface area contributed by atoms with E-state index in [-0.39, 0.29) is 5.91 Å². The first kappa shape index (κ1) is 17.4. The number of allylic oxidation sites excluding steroid dienone is 5. The van der Waals surface area contributed by atoms with E-state index >= 15 is 0 Å². The zero-order valence-corrected chi connectivity index (χ0v) is 13.6. The molecule has 1 fully saturated rings. The lowest BCUT2D eigenvalue weighted by Crippen LogP contribution is -2.31.